The Labute approximate surface area is 155 Å². The van der Waals surface area contributed by atoms with E-state index in [1.807, 2.05) is 6.07 Å². The molecule has 0 radical (unpaired) electrons. The Morgan fingerprint density at radius 3 is 2.58 bits per heavy atom. The van der Waals surface area contributed by atoms with Crippen molar-refractivity contribution in [1.29, 1.82) is 0 Å². The molecule has 2 heterocycles. The van der Waals surface area contributed by atoms with E-state index in [0.717, 1.165) is 49.3 Å². The molecule has 2 saturated carbocycles. The van der Waals surface area contributed by atoms with Crippen LogP contribution in [0.5, 0.6) is 5.75 Å². The molecule has 4 aliphatic rings. The van der Waals surface area contributed by atoms with E-state index in [1.165, 1.54) is 37.9 Å². The first-order chi connectivity index (χ1) is 12.6. The van der Waals surface area contributed by atoms with E-state index < -0.39 is 5.60 Å². The lowest BCUT2D eigenvalue weighted by molar-refractivity contribution is -0.128. The molecule has 0 aromatic heterocycles. The standard InChI is InChI=1S/C22H29NO3/c24-15-16-13-22(25,14-16)18-4-5-20-17(12-18)6-7-21(26-20)8-10-23(11-9-21)19-2-1-3-19/h4-5,12,15-16,19,25H,1-3,6-11,13-14H2. The van der Waals surface area contributed by atoms with Crippen molar-refractivity contribution in [2.75, 3.05) is 13.1 Å². The van der Waals surface area contributed by atoms with Crippen molar-refractivity contribution in [1.82, 2.24) is 4.90 Å². The van der Waals surface area contributed by atoms with Gasteiger partial charge in [-0.3, -0.25) is 0 Å². The summed E-state index contributed by atoms with van der Waals surface area (Å²) in [5, 5.41) is 10.7. The van der Waals surface area contributed by atoms with Crippen molar-refractivity contribution in [3.8, 4) is 5.75 Å². The predicted molar refractivity (Wildman–Crippen MR) is 99.3 cm³/mol. The molecule has 2 aliphatic heterocycles. The second kappa shape index (κ2) is 6.07. The number of benzene rings is 1. The van der Waals surface area contributed by atoms with Gasteiger partial charge in [0.1, 0.15) is 17.6 Å². The molecular formula is C22H29NO3. The second-order valence-corrected chi connectivity index (χ2v) is 9.06. The van der Waals surface area contributed by atoms with Crippen molar-refractivity contribution < 1.29 is 14.6 Å². The van der Waals surface area contributed by atoms with Crippen LogP contribution in [0.1, 0.15) is 62.5 Å². The first kappa shape index (κ1) is 16.8. The van der Waals surface area contributed by atoms with Gasteiger partial charge in [0.25, 0.3) is 0 Å². The third-order valence-electron chi connectivity index (χ3n) is 7.47. The molecule has 1 aromatic rings. The van der Waals surface area contributed by atoms with Gasteiger partial charge in [-0.25, -0.2) is 0 Å². The van der Waals surface area contributed by atoms with Gasteiger partial charge in [-0.2, -0.15) is 0 Å². The summed E-state index contributed by atoms with van der Waals surface area (Å²) in [6.45, 7) is 2.34. The normalized spacial score (nSPS) is 33.7. The summed E-state index contributed by atoms with van der Waals surface area (Å²) in [6, 6.07) is 7.01. The smallest absolute Gasteiger partial charge is 0.123 e. The number of nitrogens with zero attached hydrogens (tertiary/aromatic N) is 1. The van der Waals surface area contributed by atoms with Gasteiger partial charge in [0.05, 0.1) is 5.60 Å². The fourth-order valence-corrected chi connectivity index (χ4v) is 5.35. The van der Waals surface area contributed by atoms with E-state index in [0.29, 0.717) is 12.8 Å². The molecule has 5 rings (SSSR count). The van der Waals surface area contributed by atoms with Crippen molar-refractivity contribution >= 4 is 6.29 Å². The molecule has 26 heavy (non-hydrogen) atoms. The molecule has 0 atom stereocenters. The highest BCUT2D eigenvalue weighted by molar-refractivity contribution is 5.57. The number of fused-ring (bicyclic) bond motifs is 1. The number of rotatable bonds is 3. The average molecular weight is 355 g/mol. The topological polar surface area (TPSA) is 49.8 Å². The van der Waals surface area contributed by atoms with E-state index in [-0.39, 0.29) is 11.5 Å². The molecular weight excluding hydrogens is 326 g/mol. The number of ether oxygens (including phenoxy) is 1. The number of aliphatic hydroxyl groups is 1. The Hall–Kier alpha value is -1.39. The number of piperidine rings is 1. The number of hydrogen-bond acceptors (Lipinski definition) is 4. The zero-order chi connectivity index (χ0) is 17.8. The largest absolute Gasteiger partial charge is 0.487 e. The van der Waals surface area contributed by atoms with E-state index in [1.54, 1.807) is 0 Å². The Kier molecular flexibility index (Phi) is 3.91. The van der Waals surface area contributed by atoms with Crippen LogP contribution >= 0.6 is 0 Å². The molecule has 1 N–H and O–H groups in total. The molecule has 1 spiro atoms. The summed E-state index contributed by atoms with van der Waals surface area (Å²) in [7, 11) is 0. The minimum Gasteiger partial charge on any atom is -0.487 e. The van der Waals surface area contributed by atoms with E-state index in [4.69, 9.17) is 4.74 Å². The summed E-state index contributed by atoms with van der Waals surface area (Å²) >= 11 is 0. The summed E-state index contributed by atoms with van der Waals surface area (Å²) in [6.07, 6.45) is 10.6. The highest BCUT2D eigenvalue weighted by Crippen LogP contribution is 2.47. The van der Waals surface area contributed by atoms with E-state index in [9.17, 15) is 9.90 Å². The van der Waals surface area contributed by atoms with Gasteiger partial charge < -0.3 is 19.5 Å². The monoisotopic (exact) mass is 355 g/mol. The first-order valence-corrected chi connectivity index (χ1v) is 10.3. The molecule has 4 nitrogen and oxygen atoms in total. The third-order valence-corrected chi connectivity index (χ3v) is 7.47. The lowest BCUT2D eigenvalue weighted by Gasteiger charge is -2.48. The van der Waals surface area contributed by atoms with E-state index >= 15 is 0 Å². The number of aryl methyl sites for hydroxylation is 1. The van der Waals surface area contributed by atoms with Crippen LogP contribution in [-0.2, 0) is 16.8 Å². The summed E-state index contributed by atoms with van der Waals surface area (Å²) in [5.74, 6) is 1.02. The minimum atomic E-state index is -0.816. The van der Waals surface area contributed by atoms with Gasteiger partial charge in [0, 0.05) is 25.0 Å². The maximum atomic E-state index is 10.9. The van der Waals surface area contributed by atoms with Crippen LogP contribution in [0.15, 0.2) is 18.2 Å². The lowest BCUT2D eigenvalue weighted by Crippen LogP contribution is -2.53. The molecule has 140 valence electrons. The number of likely N-dealkylation sites (tertiary alicyclic amines) is 1. The lowest BCUT2D eigenvalue weighted by atomic mass is 9.67. The van der Waals surface area contributed by atoms with Crippen LogP contribution in [0.4, 0.5) is 0 Å². The van der Waals surface area contributed by atoms with Gasteiger partial charge in [0.15, 0.2) is 0 Å². The van der Waals surface area contributed by atoms with Crippen LogP contribution < -0.4 is 4.74 Å². The Balaban J connectivity index is 1.28. The van der Waals surface area contributed by atoms with Gasteiger partial charge in [-0.15, -0.1) is 0 Å². The van der Waals surface area contributed by atoms with Gasteiger partial charge in [-0.1, -0.05) is 12.5 Å². The van der Waals surface area contributed by atoms with Crippen LogP contribution in [0, 0.1) is 5.92 Å². The van der Waals surface area contributed by atoms with Crippen molar-refractivity contribution in [2.45, 2.75) is 75.0 Å². The summed E-state index contributed by atoms with van der Waals surface area (Å²) < 4.78 is 6.54. The fraction of sp³-hybridized carbons (Fsp3) is 0.682. The van der Waals surface area contributed by atoms with Crippen LogP contribution in [0.25, 0.3) is 0 Å². The van der Waals surface area contributed by atoms with Crippen molar-refractivity contribution in [3.63, 3.8) is 0 Å². The zero-order valence-corrected chi connectivity index (χ0v) is 15.5. The molecule has 0 amide bonds. The Bertz CT molecular complexity index is 697. The zero-order valence-electron chi connectivity index (χ0n) is 15.5. The quantitative estimate of drug-likeness (QED) is 0.846. The SMILES string of the molecule is O=CC1CC(O)(c2ccc3c(c2)CCC2(CCN(C4CCC4)CC2)O3)C1. The Morgan fingerprint density at radius 1 is 1.15 bits per heavy atom. The maximum absolute atomic E-state index is 10.9. The molecule has 0 bridgehead atoms. The van der Waals surface area contributed by atoms with Gasteiger partial charge >= 0.3 is 0 Å². The molecule has 2 aliphatic carbocycles. The fourth-order valence-electron chi connectivity index (χ4n) is 5.35. The average Bonchev–Trinajstić information content (AvgIpc) is 2.59. The number of aldehydes is 1. The molecule has 1 aromatic carbocycles. The van der Waals surface area contributed by atoms with Crippen LogP contribution in [0.3, 0.4) is 0 Å². The summed E-state index contributed by atoms with van der Waals surface area (Å²) in [5.41, 5.74) is 1.38. The first-order valence-electron chi connectivity index (χ1n) is 10.3. The minimum absolute atomic E-state index is 0.0106. The van der Waals surface area contributed by atoms with Crippen LogP contribution in [0.2, 0.25) is 0 Å². The van der Waals surface area contributed by atoms with Crippen molar-refractivity contribution in [2.24, 2.45) is 5.92 Å². The van der Waals surface area contributed by atoms with Gasteiger partial charge in [-0.05, 0) is 74.6 Å². The third kappa shape index (κ3) is 2.69. The molecule has 4 heteroatoms. The number of hydrogen-bond donors (Lipinski definition) is 1. The second-order valence-electron chi connectivity index (χ2n) is 9.06. The van der Waals surface area contributed by atoms with Gasteiger partial charge in [0.2, 0.25) is 0 Å². The predicted octanol–water partition coefficient (Wildman–Crippen LogP) is 3.20. The number of carbonyl (C=O) groups excluding carboxylic acids is 1. The summed E-state index contributed by atoms with van der Waals surface area (Å²) in [4.78, 5) is 13.5. The molecule has 0 unspecified atom stereocenters. The highest BCUT2D eigenvalue weighted by atomic mass is 16.5. The Morgan fingerprint density at radius 2 is 1.92 bits per heavy atom. The maximum Gasteiger partial charge on any atom is 0.123 e. The van der Waals surface area contributed by atoms with Crippen molar-refractivity contribution in [3.05, 3.63) is 29.3 Å². The van der Waals surface area contributed by atoms with Crippen LogP contribution in [-0.4, -0.2) is 41.0 Å². The highest BCUT2D eigenvalue weighted by Gasteiger charge is 2.45. The van der Waals surface area contributed by atoms with E-state index in [2.05, 4.69) is 17.0 Å². The number of carbonyl (C=O) groups is 1. The molecule has 1 saturated heterocycles. The molecule has 3 fully saturated rings.